The number of anilines is 1. The van der Waals surface area contributed by atoms with E-state index in [0.29, 0.717) is 36.6 Å². The Hall–Kier alpha value is -2.74. The van der Waals surface area contributed by atoms with E-state index in [-0.39, 0.29) is 11.7 Å². The molecule has 4 rings (SSSR count). The Morgan fingerprint density at radius 2 is 2.10 bits per heavy atom. The molecule has 1 aliphatic rings. The van der Waals surface area contributed by atoms with E-state index in [1.807, 2.05) is 11.8 Å². The molecule has 6 nitrogen and oxygen atoms in total. The zero-order valence-electron chi connectivity index (χ0n) is 16.3. The van der Waals surface area contributed by atoms with Crippen LogP contribution in [0.1, 0.15) is 24.4 Å². The summed E-state index contributed by atoms with van der Waals surface area (Å²) in [6, 6.07) is 6.42. The molecule has 0 spiro atoms. The maximum atomic E-state index is 13.9. The lowest BCUT2D eigenvalue weighted by Gasteiger charge is -2.21. The van der Waals surface area contributed by atoms with Gasteiger partial charge in [-0.2, -0.15) is 0 Å². The minimum atomic E-state index is -0.351. The van der Waals surface area contributed by atoms with Gasteiger partial charge < -0.3 is 14.2 Å². The lowest BCUT2D eigenvalue weighted by molar-refractivity contribution is -0.131. The molecule has 3 heterocycles. The number of hydrogen-bond donors (Lipinski definition) is 0. The van der Waals surface area contributed by atoms with Crippen LogP contribution in [0.15, 0.2) is 40.3 Å². The molecule has 0 bridgehead atoms. The van der Waals surface area contributed by atoms with Crippen molar-refractivity contribution in [3.05, 3.63) is 53.2 Å². The van der Waals surface area contributed by atoms with Crippen molar-refractivity contribution in [3.63, 3.8) is 0 Å². The van der Waals surface area contributed by atoms with Crippen molar-refractivity contribution in [2.75, 3.05) is 31.1 Å². The van der Waals surface area contributed by atoms with E-state index >= 15 is 0 Å². The molecule has 3 aromatic rings. The summed E-state index contributed by atoms with van der Waals surface area (Å²) in [5, 5.41) is 3.08. The van der Waals surface area contributed by atoms with Crippen LogP contribution in [-0.4, -0.2) is 47.0 Å². The first-order chi connectivity index (χ1) is 14.1. The maximum Gasteiger partial charge on any atom is 0.223 e. The van der Waals surface area contributed by atoms with Crippen LogP contribution in [0.3, 0.4) is 0 Å². The fraction of sp³-hybridized carbons (Fsp3) is 0.381. The van der Waals surface area contributed by atoms with Gasteiger partial charge in [-0.15, -0.1) is 11.3 Å². The molecule has 152 valence electrons. The molecule has 1 fully saturated rings. The summed E-state index contributed by atoms with van der Waals surface area (Å²) < 4.78 is 19.5. The number of amides is 1. The SMILES string of the molecule is Cc1csc(N2CCCN(C(=O)CCc3ncc(-c4ccccc4F)o3)CC2)n1. The molecule has 0 atom stereocenters. The van der Waals surface area contributed by atoms with Gasteiger partial charge in [0.05, 0.1) is 17.5 Å². The second kappa shape index (κ2) is 8.73. The standard InChI is InChI=1S/C21H23FN4O2S/c1-15-14-29-21(24-15)26-10-4-9-25(11-12-26)20(27)8-7-19-23-13-18(28-19)16-5-2-3-6-17(16)22/h2-3,5-6,13-14H,4,7-12H2,1H3. The van der Waals surface area contributed by atoms with Crippen LogP contribution in [0.5, 0.6) is 0 Å². The number of carbonyl (C=O) groups is 1. The number of halogens is 1. The first-order valence-electron chi connectivity index (χ1n) is 9.74. The third-order valence-electron chi connectivity index (χ3n) is 4.97. The zero-order chi connectivity index (χ0) is 20.2. The molecule has 0 aliphatic carbocycles. The highest BCUT2D eigenvalue weighted by atomic mass is 32.1. The van der Waals surface area contributed by atoms with E-state index in [4.69, 9.17) is 4.42 Å². The molecule has 1 saturated heterocycles. The van der Waals surface area contributed by atoms with Gasteiger partial charge >= 0.3 is 0 Å². The number of benzene rings is 1. The van der Waals surface area contributed by atoms with Crippen LogP contribution < -0.4 is 4.90 Å². The van der Waals surface area contributed by atoms with Crippen molar-refractivity contribution < 1.29 is 13.6 Å². The summed E-state index contributed by atoms with van der Waals surface area (Å²) >= 11 is 1.65. The predicted molar refractivity (Wildman–Crippen MR) is 110 cm³/mol. The monoisotopic (exact) mass is 414 g/mol. The average Bonchev–Trinajstić information content (AvgIpc) is 3.29. The minimum Gasteiger partial charge on any atom is -0.441 e. The van der Waals surface area contributed by atoms with E-state index in [9.17, 15) is 9.18 Å². The van der Waals surface area contributed by atoms with E-state index in [0.717, 1.165) is 36.9 Å². The van der Waals surface area contributed by atoms with Crippen molar-refractivity contribution in [1.82, 2.24) is 14.9 Å². The largest absolute Gasteiger partial charge is 0.441 e. The predicted octanol–water partition coefficient (Wildman–Crippen LogP) is 3.92. The number of aromatic nitrogens is 2. The van der Waals surface area contributed by atoms with Gasteiger partial charge in [-0.25, -0.2) is 14.4 Å². The molecule has 29 heavy (non-hydrogen) atoms. The summed E-state index contributed by atoms with van der Waals surface area (Å²) in [7, 11) is 0. The smallest absolute Gasteiger partial charge is 0.223 e. The molecule has 0 saturated carbocycles. The Morgan fingerprint density at radius 1 is 1.24 bits per heavy atom. The summed E-state index contributed by atoms with van der Waals surface area (Å²) in [5.41, 5.74) is 1.41. The topological polar surface area (TPSA) is 62.5 Å². The fourth-order valence-corrected chi connectivity index (χ4v) is 4.29. The van der Waals surface area contributed by atoms with E-state index in [2.05, 4.69) is 20.2 Å². The van der Waals surface area contributed by atoms with Crippen molar-refractivity contribution in [3.8, 4) is 11.3 Å². The van der Waals surface area contributed by atoms with E-state index in [1.165, 1.54) is 12.3 Å². The zero-order valence-corrected chi connectivity index (χ0v) is 17.1. The quantitative estimate of drug-likeness (QED) is 0.633. The number of aryl methyl sites for hydroxylation is 2. The second-order valence-corrected chi connectivity index (χ2v) is 7.93. The Labute approximate surface area is 173 Å². The number of hydrogen-bond acceptors (Lipinski definition) is 6. The Kier molecular flexibility index (Phi) is 5.89. The lowest BCUT2D eigenvalue weighted by Crippen LogP contribution is -2.35. The van der Waals surface area contributed by atoms with Gasteiger partial charge in [-0.3, -0.25) is 4.79 Å². The summed E-state index contributed by atoms with van der Waals surface area (Å²) in [5.74, 6) is 0.574. The van der Waals surface area contributed by atoms with Gasteiger partial charge in [-0.05, 0) is 25.5 Å². The number of nitrogens with zero attached hydrogens (tertiary/aromatic N) is 4. The molecule has 0 radical (unpaired) electrons. The van der Waals surface area contributed by atoms with Gasteiger partial charge in [-0.1, -0.05) is 12.1 Å². The Balaban J connectivity index is 1.31. The molecule has 2 aromatic heterocycles. The maximum absolute atomic E-state index is 13.9. The van der Waals surface area contributed by atoms with Gasteiger partial charge in [0.15, 0.2) is 16.8 Å². The number of oxazole rings is 1. The van der Waals surface area contributed by atoms with Gasteiger partial charge in [0.25, 0.3) is 0 Å². The highest BCUT2D eigenvalue weighted by molar-refractivity contribution is 7.13. The summed E-state index contributed by atoms with van der Waals surface area (Å²) in [6.07, 6.45) is 3.16. The summed E-state index contributed by atoms with van der Waals surface area (Å²) in [6.45, 7) is 5.11. The number of thiazole rings is 1. The first kappa shape index (κ1) is 19.6. The molecule has 8 heteroatoms. The van der Waals surface area contributed by atoms with Crippen molar-refractivity contribution >= 4 is 22.4 Å². The summed E-state index contributed by atoms with van der Waals surface area (Å²) in [4.78, 5) is 25.6. The van der Waals surface area contributed by atoms with Crippen LogP contribution >= 0.6 is 11.3 Å². The normalized spacial score (nSPS) is 14.8. The van der Waals surface area contributed by atoms with Crippen LogP contribution in [0, 0.1) is 12.7 Å². The molecule has 0 N–H and O–H groups in total. The van der Waals surface area contributed by atoms with E-state index in [1.54, 1.807) is 29.5 Å². The highest BCUT2D eigenvalue weighted by Gasteiger charge is 2.21. The van der Waals surface area contributed by atoms with E-state index < -0.39 is 0 Å². The second-order valence-electron chi connectivity index (χ2n) is 7.09. The Bertz CT molecular complexity index is 986. The van der Waals surface area contributed by atoms with Crippen molar-refractivity contribution in [2.24, 2.45) is 0 Å². The highest BCUT2D eigenvalue weighted by Crippen LogP contribution is 2.24. The number of rotatable bonds is 5. The van der Waals surface area contributed by atoms with Crippen LogP contribution in [-0.2, 0) is 11.2 Å². The fourth-order valence-electron chi connectivity index (χ4n) is 3.43. The third kappa shape index (κ3) is 4.64. The minimum absolute atomic E-state index is 0.0906. The average molecular weight is 415 g/mol. The van der Waals surface area contributed by atoms with Gasteiger partial charge in [0.1, 0.15) is 5.82 Å². The van der Waals surface area contributed by atoms with Crippen molar-refractivity contribution in [2.45, 2.75) is 26.2 Å². The van der Waals surface area contributed by atoms with Crippen LogP contribution in [0.2, 0.25) is 0 Å². The molecular weight excluding hydrogens is 391 g/mol. The third-order valence-corrected chi connectivity index (χ3v) is 5.99. The number of carbonyl (C=O) groups excluding carboxylic acids is 1. The molecule has 1 amide bonds. The van der Waals surface area contributed by atoms with Gasteiger partial charge in [0.2, 0.25) is 5.91 Å². The lowest BCUT2D eigenvalue weighted by atomic mass is 10.2. The van der Waals surface area contributed by atoms with Crippen LogP contribution in [0.25, 0.3) is 11.3 Å². The molecule has 0 unspecified atom stereocenters. The first-order valence-corrected chi connectivity index (χ1v) is 10.6. The molecule has 1 aliphatic heterocycles. The Morgan fingerprint density at radius 3 is 2.90 bits per heavy atom. The molecular formula is C21H23FN4O2S. The van der Waals surface area contributed by atoms with Gasteiger partial charge in [0, 0.05) is 44.4 Å². The van der Waals surface area contributed by atoms with Crippen LogP contribution in [0.4, 0.5) is 9.52 Å². The van der Waals surface area contributed by atoms with Crippen molar-refractivity contribution in [1.29, 1.82) is 0 Å². The molecule has 1 aromatic carbocycles.